The third-order valence-electron chi connectivity index (χ3n) is 4.18. The molecule has 0 radical (unpaired) electrons. The van der Waals surface area contributed by atoms with Gasteiger partial charge in [-0.1, -0.05) is 36.4 Å². The van der Waals surface area contributed by atoms with E-state index in [9.17, 15) is 0 Å². The van der Waals surface area contributed by atoms with E-state index in [2.05, 4.69) is 43.5 Å². The summed E-state index contributed by atoms with van der Waals surface area (Å²) in [5.41, 5.74) is 2.90. The largest absolute Gasteiger partial charge is 0.103 e. The number of hydrogen-bond acceptors (Lipinski definition) is 0. The SMILES string of the molecule is C=CCc1ccc(C2CCC(CC=C)CC2)cc1. The second-order valence-electron chi connectivity index (χ2n) is 5.48. The molecule has 18 heavy (non-hydrogen) atoms. The van der Waals surface area contributed by atoms with Crippen LogP contribution in [-0.2, 0) is 6.42 Å². The van der Waals surface area contributed by atoms with Gasteiger partial charge in [-0.15, -0.1) is 13.2 Å². The standard InChI is InChI=1S/C18H24/c1-3-5-15-7-11-17(12-8-15)18-13-9-16(6-4-2)10-14-18/h3-4,7-8,11-12,16,18H,1-2,5-6,9-10,13-14H2. The highest BCUT2D eigenvalue weighted by molar-refractivity contribution is 5.26. The molecular formula is C18H24. The predicted molar refractivity (Wildman–Crippen MR) is 79.9 cm³/mol. The summed E-state index contributed by atoms with van der Waals surface area (Å²) in [7, 11) is 0. The maximum Gasteiger partial charge on any atom is -0.0100 e. The Hall–Kier alpha value is -1.30. The minimum absolute atomic E-state index is 0.781. The Balaban J connectivity index is 1.92. The normalized spacial score (nSPS) is 23.6. The number of benzene rings is 1. The summed E-state index contributed by atoms with van der Waals surface area (Å²) in [6.45, 7) is 7.64. The van der Waals surface area contributed by atoms with Crippen molar-refractivity contribution in [1.82, 2.24) is 0 Å². The van der Waals surface area contributed by atoms with Crippen molar-refractivity contribution >= 4 is 0 Å². The zero-order valence-electron chi connectivity index (χ0n) is 11.3. The molecular weight excluding hydrogens is 216 g/mol. The first-order valence-corrected chi connectivity index (χ1v) is 7.14. The minimum Gasteiger partial charge on any atom is -0.103 e. The second kappa shape index (κ2) is 6.58. The Morgan fingerprint density at radius 3 is 2.17 bits per heavy atom. The molecule has 0 atom stereocenters. The van der Waals surface area contributed by atoms with E-state index in [1.54, 1.807) is 0 Å². The van der Waals surface area contributed by atoms with E-state index in [4.69, 9.17) is 0 Å². The Kier molecular flexibility index (Phi) is 4.81. The molecule has 0 N–H and O–H groups in total. The van der Waals surface area contributed by atoms with Gasteiger partial charge in [-0.05, 0) is 61.5 Å². The highest BCUT2D eigenvalue weighted by atomic mass is 14.3. The monoisotopic (exact) mass is 240 g/mol. The maximum atomic E-state index is 3.85. The Labute approximate surface area is 111 Å². The van der Waals surface area contributed by atoms with Gasteiger partial charge in [0, 0.05) is 0 Å². The lowest BCUT2D eigenvalue weighted by Gasteiger charge is -2.28. The van der Waals surface area contributed by atoms with Gasteiger partial charge < -0.3 is 0 Å². The van der Waals surface area contributed by atoms with Gasteiger partial charge in [0.2, 0.25) is 0 Å². The minimum atomic E-state index is 0.781. The predicted octanol–water partition coefficient (Wildman–Crippen LogP) is 5.27. The molecule has 0 saturated heterocycles. The summed E-state index contributed by atoms with van der Waals surface area (Å²) in [4.78, 5) is 0. The fraction of sp³-hybridized carbons (Fsp3) is 0.444. The summed E-state index contributed by atoms with van der Waals surface area (Å²) < 4.78 is 0. The summed E-state index contributed by atoms with van der Waals surface area (Å²) in [5, 5.41) is 0. The summed E-state index contributed by atoms with van der Waals surface area (Å²) >= 11 is 0. The van der Waals surface area contributed by atoms with Crippen molar-refractivity contribution in [2.75, 3.05) is 0 Å². The fourth-order valence-electron chi connectivity index (χ4n) is 3.06. The lowest BCUT2D eigenvalue weighted by molar-refractivity contribution is 0.328. The van der Waals surface area contributed by atoms with Crippen molar-refractivity contribution in [2.24, 2.45) is 5.92 Å². The third-order valence-corrected chi connectivity index (χ3v) is 4.18. The van der Waals surface area contributed by atoms with Gasteiger partial charge in [0.15, 0.2) is 0 Å². The topological polar surface area (TPSA) is 0 Å². The molecule has 2 rings (SSSR count). The summed E-state index contributed by atoms with van der Waals surface area (Å²) in [5.74, 6) is 1.67. The molecule has 1 saturated carbocycles. The Bertz CT molecular complexity index is 377. The van der Waals surface area contributed by atoms with Gasteiger partial charge in [0.05, 0.1) is 0 Å². The van der Waals surface area contributed by atoms with Crippen molar-refractivity contribution in [1.29, 1.82) is 0 Å². The van der Waals surface area contributed by atoms with Crippen LogP contribution in [0.3, 0.4) is 0 Å². The molecule has 0 spiro atoms. The van der Waals surface area contributed by atoms with Crippen LogP contribution < -0.4 is 0 Å². The van der Waals surface area contributed by atoms with Crippen molar-refractivity contribution in [3.63, 3.8) is 0 Å². The number of allylic oxidation sites excluding steroid dienone is 2. The maximum absolute atomic E-state index is 3.85. The molecule has 1 fully saturated rings. The van der Waals surface area contributed by atoms with E-state index in [1.807, 2.05) is 6.08 Å². The van der Waals surface area contributed by atoms with Crippen LogP contribution in [0.4, 0.5) is 0 Å². The van der Waals surface area contributed by atoms with E-state index >= 15 is 0 Å². The quantitative estimate of drug-likeness (QED) is 0.615. The number of rotatable bonds is 5. The fourth-order valence-corrected chi connectivity index (χ4v) is 3.06. The lowest BCUT2D eigenvalue weighted by Crippen LogP contribution is -2.12. The molecule has 0 aliphatic heterocycles. The average molecular weight is 240 g/mol. The van der Waals surface area contributed by atoms with Gasteiger partial charge >= 0.3 is 0 Å². The zero-order chi connectivity index (χ0) is 12.8. The van der Waals surface area contributed by atoms with Crippen LogP contribution in [0, 0.1) is 5.92 Å². The molecule has 0 heteroatoms. The number of hydrogen-bond donors (Lipinski definition) is 0. The van der Waals surface area contributed by atoms with E-state index in [0.29, 0.717) is 0 Å². The van der Waals surface area contributed by atoms with Crippen molar-refractivity contribution in [3.8, 4) is 0 Å². The molecule has 0 amide bonds. The smallest absolute Gasteiger partial charge is 0.0100 e. The zero-order valence-corrected chi connectivity index (χ0v) is 11.3. The van der Waals surface area contributed by atoms with Gasteiger partial charge in [0.25, 0.3) is 0 Å². The van der Waals surface area contributed by atoms with Crippen molar-refractivity contribution in [3.05, 3.63) is 60.7 Å². The van der Waals surface area contributed by atoms with E-state index in [0.717, 1.165) is 18.3 Å². The molecule has 1 aliphatic rings. The first kappa shape index (κ1) is 13.1. The van der Waals surface area contributed by atoms with Crippen molar-refractivity contribution < 1.29 is 0 Å². The highest BCUT2D eigenvalue weighted by Crippen LogP contribution is 2.37. The molecule has 1 aromatic carbocycles. The van der Waals surface area contributed by atoms with E-state index < -0.39 is 0 Å². The van der Waals surface area contributed by atoms with Crippen LogP contribution in [0.2, 0.25) is 0 Å². The summed E-state index contributed by atoms with van der Waals surface area (Å²) in [6, 6.07) is 9.15. The molecule has 1 aliphatic carbocycles. The summed E-state index contributed by atoms with van der Waals surface area (Å²) in [6.07, 6.45) is 11.6. The molecule has 1 aromatic rings. The molecule has 0 nitrogen and oxygen atoms in total. The molecule has 0 unspecified atom stereocenters. The van der Waals surface area contributed by atoms with E-state index in [1.165, 1.54) is 43.2 Å². The molecule has 96 valence electrons. The lowest BCUT2D eigenvalue weighted by atomic mass is 9.77. The second-order valence-corrected chi connectivity index (χ2v) is 5.48. The van der Waals surface area contributed by atoms with Crippen LogP contribution >= 0.6 is 0 Å². The van der Waals surface area contributed by atoms with Crippen LogP contribution in [0.25, 0.3) is 0 Å². The molecule has 0 aromatic heterocycles. The highest BCUT2D eigenvalue weighted by Gasteiger charge is 2.21. The van der Waals surface area contributed by atoms with Crippen LogP contribution in [0.5, 0.6) is 0 Å². The first-order chi connectivity index (χ1) is 8.83. The molecule has 0 heterocycles. The van der Waals surface area contributed by atoms with Crippen molar-refractivity contribution in [2.45, 2.75) is 44.4 Å². The Morgan fingerprint density at radius 2 is 1.61 bits per heavy atom. The van der Waals surface area contributed by atoms with Gasteiger partial charge in [-0.2, -0.15) is 0 Å². The van der Waals surface area contributed by atoms with Gasteiger partial charge in [0.1, 0.15) is 0 Å². The third kappa shape index (κ3) is 3.35. The van der Waals surface area contributed by atoms with Gasteiger partial charge in [-0.3, -0.25) is 0 Å². The molecule has 0 bridgehead atoms. The van der Waals surface area contributed by atoms with Crippen LogP contribution in [0.1, 0.15) is 49.1 Å². The van der Waals surface area contributed by atoms with Crippen LogP contribution in [-0.4, -0.2) is 0 Å². The Morgan fingerprint density at radius 1 is 0.944 bits per heavy atom. The average Bonchev–Trinajstić information content (AvgIpc) is 2.41. The van der Waals surface area contributed by atoms with Gasteiger partial charge in [-0.25, -0.2) is 0 Å². The van der Waals surface area contributed by atoms with E-state index in [-0.39, 0.29) is 0 Å². The van der Waals surface area contributed by atoms with Crippen LogP contribution in [0.15, 0.2) is 49.6 Å². The first-order valence-electron chi connectivity index (χ1n) is 7.14.